The Morgan fingerprint density at radius 1 is 1.41 bits per heavy atom. The molecule has 0 saturated carbocycles. The highest BCUT2D eigenvalue weighted by atomic mass is 16.5. The van der Waals surface area contributed by atoms with E-state index < -0.39 is 5.97 Å². The number of carboxylic acid groups (broad SMARTS) is 1. The normalized spacial score (nSPS) is 12.2. The Morgan fingerprint density at radius 2 is 2.12 bits per heavy atom. The summed E-state index contributed by atoms with van der Waals surface area (Å²) in [4.78, 5) is 10.8. The predicted molar refractivity (Wildman–Crippen MR) is 67.4 cm³/mol. The Labute approximate surface area is 102 Å². The second kappa shape index (κ2) is 6.28. The van der Waals surface area contributed by atoms with E-state index >= 15 is 0 Å². The smallest absolute Gasteiger partial charge is 0.306 e. The van der Waals surface area contributed by atoms with Gasteiger partial charge >= 0.3 is 5.97 Å². The summed E-state index contributed by atoms with van der Waals surface area (Å²) in [7, 11) is 0. The lowest BCUT2D eigenvalue weighted by molar-refractivity contribution is -0.142. The van der Waals surface area contributed by atoms with Crippen molar-refractivity contribution in [2.75, 3.05) is 6.61 Å². The van der Waals surface area contributed by atoms with Gasteiger partial charge in [-0.1, -0.05) is 19.1 Å². The molecule has 0 fully saturated rings. The quantitative estimate of drug-likeness (QED) is 0.825. The van der Waals surface area contributed by atoms with Crippen LogP contribution in [0.25, 0.3) is 0 Å². The molecule has 94 valence electrons. The number of hydrogen-bond acceptors (Lipinski definition) is 2. The molecule has 1 aromatic rings. The van der Waals surface area contributed by atoms with Gasteiger partial charge in [0.05, 0.1) is 12.5 Å². The Bertz CT molecular complexity index is 385. The SMILES string of the molecule is CCC(CCOc1cccc(C)c1C)C(=O)O. The Morgan fingerprint density at radius 3 is 2.71 bits per heavy atom. The predicted octanol–water partition coefficient (Wildman–Crippen LogP) is 3.18. The van der Waals surface area contributed by atoms with Crippen molar-refractivity contribution in [3.8, 4) is 5.75 Å². The van der Waals surface area contributed by atoms with Crippen LogP contribution in [0.5, 0.6) is 5.75 Å². The molecule has 1 unspecified atom stereocenters. The average Bonchev–Trinajstić information content (AvgIpc) is 2.29. The van der Waals surface area contributed by atoms with Gasteiger partial charge in [0, 0.05) is 0 Å². The van der Waals surface area contributed by atoms with E-state index in [-0.39, 0.29) is 5.92 Å². The van der Waals surface area contributed by atoms with Gasteiger partial charge in [0.15, 0.2) is 0 Å². The minimum absolute atomic E-state index is 0.305. The maximum Gasteiger partial charge on any atom is 0.306 e. The number of aliphatic carboxylic acids is 1. The van der Waals surface area contributed by atoms with E-state index in [0.717, 1.165) is 11.3 Å². The Balaban J connectivity index is 2.51. The van der Waals surface area contributed by atoms with Crippen molar-refractivity contribution in [3.05, 3.63) is 29.3 Å². The van der Waals surface area contributed by atoms with Gasteiger partial charge in [0.1, 0.15) is 5.75 Å². The first kappa shape index (κ1) is 13.6. The summed E-state index contributed by atoms with van der Waals surface area (Å²) < 4.78 is 5.64. The lowest BCUT2D eigenvalue weighted by Gasteiger charge is -2.13. The third-order valence-electron chi connectivity index (χ3n) is 3.12. The second-order valence-corrected chi connectivity index (χ2v) is 4.28. The van der Waals surface area contributed by atoms with Crippen LogP contribution in [0.4, 0.5) is 0 Å². The minimum atomic E-state index is -0.739. The topological polar surface area (TPSA) is 46.5 Å². The Hall–Kier alpha value is -1.51. The van der Waals surface area contributed by atoms with Gasteiger partial charge < -0.3 is 9.84 Å². The molecule has 1 aromatic carbocycles. The molecule has 0 amide bonds. The number of hydrogen-bond donors (Lipinski definition) is 1. The number of carbonyl (C=O) groups is 1. The van der Waals surface area contributed by atoms with Gasteiger partial charge in [-0.2, -0.15) is 0 Å². The monoisotopic (exact) mass is 236 g/mol. The van der Waals surface area contributed by atoms with Crippen molar-refractivity contribution < 1.29 is 14.6 Å². The molecule has 0 saturated heterocycles. The molecule has 0 aliphatic carbocycles. The van der Waals surface area contributed by atoms with Gasteiger partial charge in [-0.05, 0) is 43.9 Å². The van der Waals surface area contributed by atoms with Crippen LogP contribution in [-0.4, -0.2) is 17.7 Å². The van der Waals surface area contributed by atoms with Crippen LogP contribution in [0.3, 0.4) is 0 Å². The summed E-state index contributed by atoms with van der Waals surface area (Å²) in [6, 6.07) is 5.91. The second-order valence-electron chi connectivity index (χ2n) is 4.28. The molecule has 0 aromatic heterocycles. The summed E-state index contributed by atoms with van der Waals surface area (Å²) in [6.07, 6.45) is 1.20. The van der Waals surface area contributed by atoms with E-state index in [0.29, 0.717) is 19.4 Å². The summed E-state index contributed by atoms with van der Waals surface area (Å²) in [6.45, 7) is 6.39. The third kappa shape index (κ3) is 3.77. The molecule has 0 heterocycles. The highest BCUT2D eigenvalue weighted by Gasteiger charge is 2.14. The fourth-order valence-corrected chi connectivity index (χ4v) is 1.69. The molecule has 0 radical (unpaired) electrons. The fourth-order valence-electron chi connectivity index (χ4n) is 1.69. The summed E-state index contributed by atoms with van der Waals surface area (Å²) in [5, 5.41) is 8.91. The van der Waals surface area contributed by atoms with E-state index in [2.05, 4.69) is 0 Å². The summed E-state index contributed by atoms with van der Waals surface area (Å²) in [5.74, 6) is -0.192. The van der Waals surface area contributed by atoms with Gasteiger partial charge in [0.25, 0.3) is 0 Å². The third-order valence-corrected chi connectivity index (χ3v) is 3.12. The van der Waals surface area contributed by atoms with E-state index in [4.69, 9.17) is 9.84 Å². The van der Waals surface area contributed by atoms with Crippen LogP contribution in [0.1, 0.15) is 30.9 Å². The highest BCUT2D eigenvalue weighted by molar-refractivity contribution is 5.69. The molecule has 1 atom stereocenters. The Kier molecular flexibility index (Phi) is 5.01. The first-order chi connectivity index (χ1) is 8.06. The van der Waals surface area contributed by atoms with Gasteiger partial charge in [-0.15, -0.1) is 0 Å². The molecule has 0 aliphatic rings. The van der Waals surface area contributed by atoms with Crippen molar-refractivity contribution in [1.29, 1.82) is 0 Å². The van der Waals surface area contributed by atoms with Gasteiger partial charge in [0.2, 0.25) is 0 Å². The molecule has 17 heavy (non-hydrogen) atoms. The van der Waals surface area contributed by atoms with Crippen LogP contribution in [-0.2, 0) is 4.79 Å². The first-order valence-electron chi connectivity index (χ1n) is 5.98. The molecule has 1 rings (SSSR count). The van der Waals surface area contributed by atoms with Crippen molar-refractivity contribution >= 4 is 5.97 Å². The fraction of sp³-hybridized carbons (Fsp3) is 0.500. The summed E-state index contributed by atoms with van der Waals surface area (Å²) in [5.41, 5.74) is 2.31. The van der Waals surface area contributed by atoms with Crippen molar-refractivity contribution in [1.82, 2.24) is 0 Å². The number of benzene rings is 1. The van der Waals surface area contributed by atoms with Gasteiger partial charge in [-0.25, -0.2) is 0 Å². The number of rotatable bonds is 6. The van der Waals surface area contributed by atoms with Crippen molar-refractivity contribution in [2.45, 2.75) is 33.6 Å². The molecular weight excluding hydrogens is 216 g/mol. The van der Waals surface area contributed by atoms with Crippen LogP contribution in [0.2, 0.25) is 0 Å². The number of carboxylic acids is 1. The minimum Gasteiger partial charge on any atom is -0.493 e. The molecule has 0 aliphatic heterocycles. The lowest BCUT2D eigenvalue weighted by Crippen LogP contribution is -2.16. The summed E-state index contributed by atoms with van der Waals surface area (Å²) >= 11 is 0. The van der Waals surface area contributed by atoms with E-state index in [1.165, 1.54) is 5.56 Å². The zero-order valence-electron chi connectivity index (χ0n) is 10.7. The largest absolute Gasteiger partial charge is 0.493 e. The van der Waals surface area contributed by atoms with Crippen LogP contribution in [0.15, 0.2) is 18.2 Å². The van der Waals surface area contributed by atoms with Crippen LogP contribution >= 0.6 is 0 Å². The van der Waals surface area contributed by atoms with Crippen LogP contribution < -0.4 is 4.74 Å². The lowest BCUT2D eigenvalue weighted by atomic mass is 10.0. The van der Waals surface area contributed by atoms with Crippen molar-refractivity contribution in [3.63, 3.8) is 0 Å². The number of ether oxygens (including phenoxy) is 1. The zero-order valence-corrected chi connectivity index (χ0v) is 10.7. The van der Waals surface area contributed by atoms with Crippen molar-refractivity contribution in [2.24, 2.45) is 5.92 Å². The van der Waals surface area contributed by atoms with E-state index in [1.807, 2.05) is 39.0 Å². The highest BCUT2D eigenvalue weighted by Crippen LogP contribution is 2.21. The maximum absolute atomic E-state index is 10.8. The molecule has 1 N–H and O–H groups in total. The first-order valence-corrected chi connectivity index (χ1v) is 5.98. The molecular formula is C14H20O3. The van der Waals surface area contributed by atoms with E-state index in [1.54, 1.807) is 0 Å². The molecule has 3 nitrogen and oxygen atoms in total. The molecule has 0 spiro atoms. The van der Waals surface area contributed by atoms with E-state index in [9.17, 15) is 4.79 Å². The van der Waals surface area contributed by atoms with Crippen LogP contribution in [0, 0.1) is 19.8 Å². The average molecular weight is 236 g/mol. The maximum atomic E-state index is 10.8. The van der Waals surface area contributed by atoms with Gasteiger partial charge in [-0.3, -0.25) is 4.79 Å². The standard InChI is InChI=1S/C14H20O3/c1-4-12(14(15)16)8-9-17-13-7-5-6-10(2)11(13)3/h5-7,12H,4,8-9H2,1-3H3,(H,15,16). The zero-order chi connectivity index (χ0) is 12.8. The molecule has 0 bridgehead atoms. The molecule has 3 heteroatoms. The number of aryl methyl sites for hydroxylation is 1.